The standard InChI is InChI=1S/C22H23FN4O3S/c1-30-19-9-8-17(23)15-20(19)31(28,29)27-13-10-16(11-14-27)18-5-4-7-22(25-18)26-21-6-2-3-12-24-21/h2-9,12,15-16H,10-11,13-14H2,1H3,(H,24,25,26). The molecule has 1 aromatic carbocycles. The lowest BCUT2D eigenvalue weighted by atomic mass is 9.94. The average molecular weight is 443 g/mol. The SMILES string of the molecule is COc1ccc(F)cc1S(=O)(=O)N1CCC(c2cccc(Nc3ccccn3)n2)CC1. The number of anilines is 2. The Bertz CT molecular complexity index is 1150. The number of piperidine rings is 1. The zero-order valence-corrected chi connectivity index (χ0v) is 17.8. The number of methoxy groups -OCH3 is 1. The molecule has 2 aromatic heterocycles. The number of ether oxygens (including phenoxy) is 1. The highest BCUT2D eigenvalue weighted by atomic mass is 32.2. The fraction of sp³-hybridized carbons (Fsp3) is 0.273. The first-order chi connectivity index (χ1) is 15.0. The molecule has 0 spiro atoms. The largest absolute Gasteiger partial charge is 0.495 e. The van der Waals surface area contributed by atoms with E-state index in [1.54, 1.807) is 6.20 Å². The van der Waals surface area contributed by atoms with E-state index in [9.17, 15) is 12.8 Å². The first kappa shape index (κ1) is 21.2. The van der Waals surface area contributed by atoms with Crippen molar-refractivity contribution in [3.63, 3.8) is 0 Å². The monoisotopic (exact) mass is 442 g/mol. The number of benzene rings is 1. The number of hydrogen-bond donors (Lipinski definition) is 1. The summed E-state index contributed by atoms with van der Waals surface area (Å²) in [6.45, 7) is 0.651. The molecule has 9 heteroatoms. The highest BCUT2D eigenvalue weighted by molar-refractivity contribution is 7.89. The fourth-order valence-corrected chi connectivity index (χ4v) is 5.34. The Labute approximate surface area is 181 Å². The van der Waals surface area contributed by atoms with E-state index in [4.69, 9.17) is 4.74 Å². The second-order valence-corrected chi connectivity index (χ2v) is 9.17. The van der Waals surface area contributed by atoms with Gasteiger partial charge in [0.05, 0.1) is 7.11 Å². The predicted molar refractivity (Wildman–Crippen MR) is 115 cm³/mol. The lowest BCUT2D eigenvalue weighted by Gasteiger charge is -2.31. The molecule has 31 heavy (non-hydrogen) atoms. The third-order valence-electron chi connectivity index (χ3n) is 5.31. The van der Waals surface area contributed by atoms with Crippen LogP contribution in [0.5, 0.6) is 5.75 Å². The van der Waals surface area contributed by atoms with Crippen molar-refractivity contribution in [3.8, 4) is 5.75 Å². The van der Waals surface area contributed by atoms with Gasteiger partial charge in [0.25, 0.3) is 0 Å². The summed E-state index contributed by atoms with van der Waals surface area (Å²) in [7, 11) is -2.48. The molecule has 3 heterocycles. The van der Waals surface area contributed by atoms with Gasteiger partial charge in [-0.3, -0.25) is 0 Å². The van der Waals surface area contributed by atoms with Gasteiger partial charge in [-0.2, -0.15) is 4.31 Å². The Balaban J connectivity index is 1.47. The molecule has 1 N–H and O–H groups in total. The van der Waals surface area contributed by atoms with Crippen LogP contribution in [0.3, 0.4) is 0 Å². The molecular weight excluding hydrogens is 419 g/mol. The number of halogens is 1. The van der Waals surface area contributed by atoms with E-state index in [1.165, 1.54) is 23.5 Å². The minimum Gasteiger partial charge on any atom is -0.495 e. The molecule has 1 aliphatic rings. The summed E-state index contributed by atoms with van der Waals surface area (Å²) in [5.74, 6) is 1.05. The summed E-state index contributed by atoms with van der Waals surface area (Å²) in [5, 5.41) is 3.18. The molecule has 4 rings (SSSR count). The molecule has 3 aromatic rings. The van der Waals surface area contributed by atoms with Gasteiger partial charge < -0.3 is 10.1 Å². The smallest absolute Gasteiger partial charge is 0.246 e. The van der Waals surface area contributed by atoms with Crippen molar-refractivity contribution >= 4 is 21.7 Å². The van der Waals surface area contributed by atoms with Crippen molar-refractivity contribution < 1.29 is 17.5 Å². The maximum atomic E-state index is 13.7. The van der Waals surface area contributed by atoms with Crippen molar-refractivity contribution in [3.05, 3.63) is 72.3 Å². The minimum atomic E-state index is -3.85. The lowest BCUT2D eigenvalue weighted by molar-refractivity contribution is 0.314. The molecule has 0 amide bonds. The molecular formula is C22H23FN4O3S. The number of sulfonamides is 1. The Morgan fingerprint density at radius 1 is 1.06 bits per heavy atom. The fourth-order valence-electron chi connectivity index (χ4n) is 3.70. The zero-order chi connectivity index (χ0) is 21.8. The molecule has 0 radical (unpaired) electrons. The summed E-state index contributed by atoms with van der Waals surface area (Å²) in [5.41, 5.74) is 0.904. The minimum absolute atomic E-state index is 0.131. The predicted octanol–water partition coefficient (Wildman–Crippen LogP) is 3.94. The van der Waals surface area contributed by atoms with Gasteiger partial charge >= 0.3 is 0 Å². The van der Waals surface area contributed by atoms with Crippen molar-refractivity contribution in [2.75, 3.05) is 25.5 Å². The highest BCUT2D eigenvalue weighted by Crippen LogP contribution is 2.33. The van der Waals surface area contributed by atoms with Crippen LogP contribution in [0, 0.1) is 5.82 Å². The van der Waals surface area contributed by atoms with Crippen LogP contribution in [0.25, 0.3) is 0 Å². The van der Waals surface area contributed by atoms with Gasteiger partial charge in [0.15, 0.2) is 0 Å². The maximum Gasteiger partial charge on any atom is 0.246 e. The second-order valence-electron chi connectivity index (χ2n) is 7.26. The normalized spacial score (nSPS) is 15.5. The second kappa shape index (κ2) is 8.99. The molecule has 0 aliphatic carbocycles. The molecule has 1 saturated heterocycles. The molecule has 1 fully saturated rings. The summed E-state index contributed by atoms with van der Waals surface area (Å²) < 4.78 is 46.4. The molecule has 7 nitrogen and oxygen atoms in total. The molecule has 0 atom stereocenters. The Kier molecular flexibility index (Phi) is 6.15. The first-order valence-electron chi connectivity index (χ1n) is 9.96. The topological polar surface area (TPSA) is 84.4 Å². The first-order valence-corrected chi connectivity index (χ1v) is 11.4. The van der Waals surface area contributed by atoms with E-state index in [0.717, 1.165) is 11.8 Å². The summed E-state index contributed by atoms with van der Waals surface area (Å²) in [6, 6.07) is 14.9. The molecule has 1 aliphatic heterocycles. The van der Waals surface area contributed by atoms with Crippen LogP contribution >= 0.6 is 0 Å². The van der Waals surface area contributed by atoms with Crippen LogP contribution in [0.1, 0.15) is 24.5 Å². The Morgan fingerprint density at radius 3 is 2.55 bits per heavy atom. The van der Waals surface area contributed by atoms with Crippen molar-refractivity contribution in [1.29, 1.82) is 0 Å². The van der Waals surface area contributed by atoms with Crippen LogP contribution in [0.2, 0.25) is 0 Å². The Morgan fingerprint density at radius 2 is 1.84 bits per heavy atom. The van der Waals surface area contributed by atoms with E-state index < -0.39 is 15.8 Å². The number of nitrogens with one attached hydrogen (secondary N) is 1. The van der Waals surface area contributed by atoms with Crippen LogP contribution in [-0.2, 0) is 10.0 Å². The third kappa shape index (κ3) is 4.67. The molecule has 0 unspecified atom stereocenters. The number of pyridine rings is 2. The van der Waals surface area contributed by atoms with Crippen LogP contribution < -0.4 is 10.1 Å². The van der Waals surface area contributed by atoms with Gasteiger partial charge in [0.1, 0.15) is 28.1 Å². The molecule has 0 saturated carbocycles. The van der Waals surface area contributed by atoms with Gasteiger partial charge in [-0.05, 0) is 55.3 Å². The van der Waals surface area contributed by atoms with Crippen molar-refractivity contribution in [2.45, 2.75) is 23.7 Å². The van der Waals surface area contributed by atoms with Gasteiger partial charge in [-0.15, -0.1) is 0 Å². The Hall–Kier alpha value is -3.04. The van der Waals surface area contributed by atoms with Crippen LogP contribution in [-0.4, -0.2) is 42.9 Å². The number of aromatic nitrogens is 2. The third-order valence-corrected chi connectivity index (χ3v) is 7.23. The van der Waals surface area contributed by atoms with E-state index in [0.29, 0.717) is 37.6 Å². The molecule has 162 valence electrons. The van der Waals surface area contributed by atoms with E-state index in [1.807, 2.05) is 36.4 Å². The van der Waals surface area contributed by atoms with Crippen molar-refractivity contribution in [2.24, 2.45) is 0 Å². The van der Waals surface area contributed by atoms with E-state index in [2.05, 4.69) is 15.3 Å². The number of nitrogens with zero attached hydrogens (tertiary/aromatic N) is 3. The quantitative estimate of drug-likeness (QED) is 0.623. The van der Waals surface area contributed by atoms with E-state index >= 15 is 0 Å². The van der Waals surface area contributed by atoms with Crippen molar-refractivity contribution in [1.82, 2.24) is 14.3 Å². The summed E-state index contributed by atoms with van der Waals surface area (Å²) in [6.07, 6.45) is 2.95. The lowest BCUT2D eigenvalue weighted by Crippen LogP contribution is -2.38. The summed E-state index contributed by atoms with van der Waals surface area (Å²) >= 11 is 0. The van der Waals surface area contributed by atoms with Gasteiger partial charge in [-0.1, -0.05) is 12.1 Å². The highest BCUT2D eigenvalue weighted by Gasteiger charge is 2.32. The van der Waals surface area contributed by atoms with E-state index in [-0.39, 0.29) is 16.6 Å². The maximum absolute atomic E-state index is 13.7. The number of rotatable bonds is 6. The van der Waals surface area contributed by atoms with Crippen LogP contribution in [0.15, 0.2) is 65.7 Å². The average Bonchev–Trinajstić information content (AvgIpc) is 2.80. The zero-order valence-electron chi connectivity index (χ0n) is 17.0. The van der Waals surface area contributed by atoms with Gasteiger partial charge in [-0.25, -0.2) is 22.8 Å². The van der Waals surface area contributed by atoms with Gasteiger partial charge in [0, 0.05) is 30.9 Å². The number of hydrogen-bond acceptors (Lipinski definition) is 6. The molecule has 0 bridgehead atoms. The summed E-state index contributed by atoms with van der Waals surface area (Å²) in [4.78, 5) is 8.78. The van der Waals surface area contributed by atoms with Gasteiger partial charge in [0.2, 0.25) is 10.0 Å². The van der Waals surface area contributed by atoms with Crippen LogP contribution in [0.4, 0.5) is 16.0 Å².